The van der Waals surface area contributed by atoms with Gasteiger partial charge in [0.1, 0.15) is 5.76 Å². The molecular weight excluding hydrogens is 367 g/mol. The van der Waals surface area contributed by atoms with E-state index < -0.39 is 10.8 Å². The van der Waals surface area contributed by atoms with Crippen LogP contribution in [-0.4, -0.2) is 10.8 Å². The van der Waals surface area contributed by atoms with Gasteiger partial charge in [0, 0.05) is 21.8 Å². The molecule has 0 fully saturated rings. The maximum Gasteiger partial charge on any atom is 0.291 e. The number of nitro benzene ring substituents is 1. The normalized spacial score (nSPS) is 10.5. The number of furan rings is 1. The third-order valence-electron chi connectivity index (χ3n) is 3.32. The molecule has 3 aromatic rings. The van der Waals surface area contributed by atoms with E-state index in [4.69, 9.17) is 27.6 Å². The summed E-state index contributed by atoms with van der Waals surface area (Å²) in [7, 11) is 0. The maximum absolute atomic E-state index is 12.3. The van der Waals surface area contributed by atoms with Gasteiger partial charge in [0.25, 0.3) is 11.6 Å². The summed E-state index contributed by atoms with van der Waals surface area (Å²) in [5.41, 5.74) is 0.592. The van der Waals surface area contributed by atoms with E-state index in [-0.39, 0.29) is 22.8 Å². The van der Waals surface area contributed by atoms with Crippen LogP contribution in [0.2, 0.25) is 10.0 Å². The van der Waals surface area contributed by atoms with Crippen LogP contribution in [0.25, 0.3) is 11.3 Å². The Balaban J connectivity index is 1.86. The van der Waals surface area contributed by atoms with Crippen molar-refractivity contribution in [3.8, 4) is 11.3 Å². The summed E-state index contributed by atoms with van der Waals surface area (Å²) in [6.45, 7) is 0. The number of benzene rings is 2. The van der Waals surface area contributed by atoms with Gasteiger partial charge in [-0.2, -0.15) is 0 Å². The van der Waals surface area contributed by atoms with Crippen LogP contribution in [0, 0.1) is 10.1 Å². The standard InChI is InChI=1S/C17H10Cl2N2O4/c18-10-7-11(19)9-12(8-10)20-17(22)16-6-5-15(25-16)13-3-1-2-4-14(13)21(23)24/h1-9H,(H,20,22). The minimum atomic E-state index is -0.525. The number of rotatable bonds is 4. The molecule has 1 N–H and O–H groups in total. The molecule has 0 unspecified atom stereocenters. The van der Waals surface area contributed by atoms with Crippen LogP contribution in [0.1, 0.15) is 10.6 Å². The molecule has 0 saturated heterocycles. The monoisotopic (exact) mass is 376 g/mol. The molecule has 8 heteroatoms. The first-order valence-electron chi connectivity index (χ1n) is 7.05. The minimum absolute atomic E-state index is 0.00393. The van der Waals surface area contributed by atoms with Crippen molar-refractivity contribution in [3.05, 3.63) is 80.5 Å². The highest BCUT2D eigenvalue weighted by Crippen LogP contribution is 2.31. The minimum Gasteiger partial charge on any atom is -0.451 e. The quantitative estimate of drug-likeness (QED) is 0.486. The summed E-state index contributed by atoms with van der Waals surface area (Å²) < 4.78 is 5.47. The Morgan fingerprint density at radius 1 is 1.04 bits per heavy atom. The first-order valence-corrected chi connectivity index (χ1v) is 7.81. The summed E-state index contributed by atoms with van der Waals surface area (Å²) in [6.07, 6.45) is 0. The number of nitro groups is 1. The van der Waals surface area contributed by atoms with Crippen molar-refractivity contribution in [2.45, 2.75) is 0 Å². The molecule has 0 radical (unpaired) electrons. The van der Waals surface area contributed by atoms with Crippen molar-refractivity contribution in [2.75, 3.05) is 5.32 Å². The van der Waals surface area contributed by atoms with Gasteiger partial charge in [-0.05, 0) is 36.4 Å². The third-order valence-corrected chi connectivity index (χ3v) is 3.75. The molecule has 0 saturated carbocycles. The van der Waals surface area contributed by atoms with E-state index >= 15 is 0 Å². The lowest BCUT2D eigenvalue weighted by atomic mass is 10.1. The Hall–Kier alpha value is -2.83. The van der Waals surface area contributed by atoms with Crippen molar-refractivity contribution in [3.63, 3.8) is 0 Å². The predicted octanol–water partition coefficient (Wildman–Crippen LogP) is 5.41. The number of carbonyl (C=O) groups excluding carboxylic acids is 1. The smallest absolute Gasteiger partial charge is 0.291 e. The SMILES string of the molecule is O=C(Nc1cc(Cl)cc(Cl)c1)c1ccc(-c2ccccc2[N+](=O)[O-])o1. The van der Waals surface area contributed by atoms with E-state index in [2.05, 4.69) is 5.32 Å². The Morgan fingerprint density at radius 3 is 2.40 bits per heavy atom. The molecule has 0 aliphatic heterocycles. The molecule has 1 amide bonds. The maximum atomic E-state index is 12.3. The van der Waals surface area contributed by atoms with E-state index in [0.29, 0.717) is 15.7 Å². The molecule has 0 atom stereocenters. The largest absolute Gasteiger partial charge is 0.451 e. The topological polar surface area (TPSA) is 85.4 Å². The summed E-state index contributed by atoms with van der Waals surface area (Å²) in [5, 5.41) is 14.5. The van der Waals surface area contributed by atoms with Crippen LogP contribution in [0.5, 0.6) is 0 Å². The Kier molecular flexibility index (Phi) is 4.74. The highest BCUT2D eigenvalue weighted by molar-refractivity contribution is 6.35. The molecule has 25 heavy (non-hydrogen) atoms. The van der Waals surface area contributed by atoms with Crippen LogP contribution >= 0.6 is 23.2 Å². The molecule has 0 aliphatic carbocycles. The number of nitrogens with one attached hydrogen (secondary N) is 1. The van der Waals surface area contributed by atoms with Crippen molar-refractivity contribution in [2.24, 2.45) is 0 Å². The second kappa shape index (κ2) is 6.96. The second-order valence-corrected chi connectivity index (χ2v) is 5.92. The fourth-order valence-electron chi connectivity index (χ4n) is 2.26. The fraction of sp³-hybridized carbons (Fsp3) is 0. The lowest BCUT2D eigenvalue weighted by Gasteiger charge is -2.04. The Bertz CT molecular complexity index is 949. The van der Waals surface area contributed by atoms with Crippen LogP contribution < -0.4 is 5.32 Å². The second-order valence-electron chi connectivity index (χ2n) is 5.05. The molecule has 0 bridgehead atoms. The first-order chi connectivity index (χ1) is 11.9. The van der Waals surface area contributed by atoms with Crippen molar-refractivity contribution in [1.29, 1.82) is 0 Å². The van der Waals surface area contributed by atoms with Crippen LogP contribution in [0.3, 0.4) is 0 Å². The van der Waals surface area contributed by atoms with Crippen molar-refractivity contribution in [1.82, 2.24) is 0 Å². The highest BCUT2D eigenvalue weighted by atomic mass is 35.5. The highest BCUT2D eigenvalue weighted by Gasteiger charge is 2.19. The van der Waals surface area contributed by atoms with Gasteiger partial charge in [-0.25, -0.2) is 0 Å². The number of nitrogens with zero attached hydrogens (tertiary/aromatic N) is 1. The van der Waals surface area contributed by atoms with E-state index in [1.54, 1.807) is 18.2 Å². The van der Waals surface area contributed by atoms with Gasteiger partial charge in [-0.15, -0.1) is 0 Å². The van der Waals surface area contributed by atoms with Gasteiger partial charge in [0.2, 0.25) is 0 Å². The number of hydrogen-bond donors (Lipinski definition) is 1. The molecule has 1 heterocycles. The molecule has 0 aliphatic rings. The predicted molar refractivity (Wildman–Crippen MR) is 95.2 cm³/mol. The van der Waals surface area contributed by atoms with Gasteiger partial charge < -0.3 is 9.73 Å². The number of anilines is 1. The van der Waals surface area contributed by atoms with Crippen LogP contribution in [-0.2, 0) is 0 Å². The van der Waals surface area contributed by atoms with Crippen molar-refractivity contribution >= 4 is 40.5 Å². The zero-order valence-corrected chi connectivity index (χ0v) is 14.0. The number of carbonyl (C=O) groups is 1. The fourth-order valence-corrected chi connectivity index (χ4v) is 2.79. The average molecular weight is 377 g/mol. The number of amides is 1. The van der Waals surface area contributed by atoms with Gasteiger partial charge in [0.15, 0.2) is 5.76 Å². The lowest BCUT2D eigenvalue weighted by Crippen LogP contribution is -2.10. The summed E-state index contributed by atoms with van der Waals surface area (Å²) >= 11 is 11.8. The number of hydrogen-bond acceptors (Lipinski definition) is 4. The van der Waals surface area contributed by atoms with Crippen LogP contribution in [0.15, 0.2) is 59.0 Å². The number of halogens is 2. The Labute approximate surface area is 152 Å². The Morgan fingerprint density at radius 2 is 1.72 bits per heavy atom. The third kappa shape index (κ3) is 3.81. The van der Waals surface area contributed by atoms with E-state index in [0.717, 1.165) is 0 Å². The molecule has 1 aromatic heterocycles. The van der Waals surface area contributed by atoms with Gasteiger partial charge in [0.05, 0.1) is 10.5 Å². The van der Waals surface area contributed by atoms with E-state index in [1.165, 1.54) is 36.4 Å². The molecule has 6 nitrogen and oxygen atoms in total. The zero-order chi connectivity index (χ0) is 18.0. The van der Waals surface area contributed by atoms with E-state index in [1.807, 2.05) is 0 Å². The first kappa shape index (κ1) is 17.0. The lowest BCUT2D eigenvalue weighted by molar-refractivity contribution is -0.384. The zero-order valence-electron chi connectivity index (χ0n) is 12.5. The molecular formula is C17H10Cl2N2O4. The van der Waals surface area contributed by atoms with Gasteiger partial charge >= 0.3 is 0 Å². The summed E-state index contributed by atoms with van der Waals surface area (Å²) in [6, 6.07) is 13.7. The van der Waals surface area contributed by atoms with E-state index in [9.17, 15) is 14.9 Å². The van der Waals surface area contributed by atoms with Gasteiger partial charge in [-0.3, -0.25) is 14.9 Å². The molecule has 126 valence electrons. The molecule has 3 rings (SSSR count). The number of para-hydroxylation sites is 1. The molecule has 2 aromatic carbocycles. The van der Waals surface area contributed by atoms with Crippen LogP contribution in [0.4, 0.5) is 11.4 Å². The average Bonchev–Trinajstić information content (AvgIpc) is 3.03. The summed E-state index contributed by atoms with van der Waals surface area (Å²) in [5.74, 6) is -0.297. The summed E-state index contributed by atoms with van der Waals surface area (Å²) in [4.78, 5) is 22.9. The molecule has 0 spiro atoms. The van der Waals surface area contributed by atoms with Gasteiger partial charge in [-0.1, -0.05) is 35.3 Å². The van der Waals surface area contributed by atoms with Crippen molar-refractivity contribution < 1.29 is 14.1 Å².